The Morgan fingerprint density at radius 2 is 2.20 bits per heavy atom. The molecule has 102 valence electrons. The molecule has 20 heavy (non-hydrogen) atoms. The SMILES string of the molecule is O=C(N/N=C/c1ccc([N+](=O)[O-])s1)c1cccc(O)c1. The highest BCUT2D eigenvalue weighted by atomic mass is 32.1. The van der Waals surface area contributed by atoms with Crippen molar-refractivity contribution in [2.45, 2.75) is 0 Å². The number of benzene rings is 1. The first kappa shape index (κ1) is 13.7. The summed E-state index contributed by atoms with van der Waals surface area (Å²) in [4.78, 5) is 22.2. The van der Waals surface area contributed by atoms with Crippen LogP contribution in [0.25, 0.3) is 0 Å². The van der Waals surface area contributed by atoms with Crippen LogP contribution in [0.1, 0.15) is 15.2 Å². The lowest BCUT2D eigenvalue weighted by atomic mass is 10.2. The van der Waals surface area contributed by atoms with E-state index in [1.54, 1.807) is 0 Å². The Morgan fingerprint density at radius 1 is 1.40 bits per heavy atom. The zero-order valence-corrected chi connectivity index (χ0v) is 10.8. The van der Waals surface area contributed by atoms with Crippen molar-refractivity contribution in [2.75, 3.05) is 0 Å². The number of hydrogen-bond donors (Lipinski definition) is 2. The third-order valence-electron chi connectivity index (χ3n) is 2.26. The summed E-state index contributed by atoms with van der Waals surface area (Å²) in [6.45, 7) is 0. The number of nitrogens with zero attached hydrogens (tertiary/aromatic N) is 2. The van der Waals surface area contributed by atoms with Crippen LogP contribution in [0.2, 0.25) is 0 Å². The summed E-state index contributed by atoms with van der Waals surface area (Å²) in [5, 5.41) is 23.4. The van der Waals surface area contributed by atoms with Crippen molar-refractivity contribution in [3.63, 3.8) is 0 Å². The number of hydrazone groups is 1. The van der Waals surface area contributed by atoms with Gasteiger partial charge in [-0.25, -0.2) is 5.43 Å². The third-order valence-corrected chi connectivity index (χ3v) is 3.23. The van der Waals surface area contributed by atoms with Gasteiger partial charge in [0.2, 0.25) is 0 Å². The first-order valence-electron chi connectivity index (χ1n) is 5.43. The van der Waals surface area contributed by atoms with Gasteiger partial charge in [0.1, 0.15) is 5.75 Å². The molecule has 1 aromatic heterocycles. The van der Waals surface area contributed by atoms with Gasteiger partial charge in [-0.1, -0.05) is 17.4 Å². The number of hydrogen-bond acceptors (Lipinski definition) is 6. The van der Waals surface area contributed by atoms with Crippen LogP contribution < -0.4 is 5.43 Å². The average Bonchev–Trinajstić information content (AvgIpc) is 2.87. The molecule has 0 radical (unpaired) electrons. The molecule has 1 heterocycles. The Bertz CT molecular complexity index is 681. The van der Waals surface area contributed by atoms with Crippen LogP contribution in [0, 0.1) is 10.1 Å². The van der Waals surface area contributed by atoms with Gasteiger partial charge in [-0.2, -0.15) is 5.10 Å². The maximum absolute atomic E-state index is 11.7. The Hall–Kier alpha value is -2.74. The molecule has 2 N–H and O–H groups in total. The summed E-state index contributed by atoms with van der Waals surface area (Å²) in [5.41, 5.74) is 2.53. The van der Waals surface area contributed by atoms with Gasteiger partial charge in [0.15, 0.2) is 0 Å². The number of carbonyl (C=O) groups is 1. The van der Waals surface area contributed by atoms with Gasteiger partial charge in [-0.3, -0.25) is 14.9 Å². The summed E-state index contributed by atoms with van der Waals surface area (Å²) in [6.07, 6.45) is 1.32. The van der Waals surface area contributed by atoms with Crippen LogP contribution in [0.5, 0.6) is 5.75 Å². The third kappa shape index (κ3) is 3.39. The molecule has 2 aromatic rings. The molecular formula is C12H9N3O4S. The van der Waals surface area contributed by atoms with E-state index >= 15 is 0 Å². The Labute approximate surface area is 117 Å². The van der Waals surface area contributed by atoms with E-state index in [0.717, 1.165) is 11.3 Å². The Balaban J connectivity index is 1.99. The standard InChI is InChI=1S/C12H9N3O4S/c16-9-3-1-2-8(6-9)12(17)14-13-7-10-4-5-11(20-10)15(18)19/h1-7,16H,(H,14,17)/b13-7+. The number of nitro groups is 1. The molecule has 0 unspecified atom stereocenters. The molecule has 8 heteroatoms. The minimum absolute atomic E-state index is 0.00533. The Morgan fingerprint density at radius 3 is 2.85 bits per heavy atom. The van der Waals surface area contributed by atoms with Crippen LogP contribution in [0.15, 0.2) is 41.5 Å². The van der Waals surface area contributed by atoms with Crippen molar-refractivity contribution in [1.29, 1.82) is 0 Å². The normalized spacial score (nSPS) is 10.6. The van der Waals surface area contributed by atoms with E-state index in [-0.39, 0.29) is 16.3 Å². The number of thiophene rings is 1. The number of nitrogens with one attached hydrogen (secondary N) is 1. The molecule has 0 fully saturated rings. The first-order chi connectivity index (χ1) is 9.56. The Kier molecular flexibility index (Phi) is 4.06. The van der Waals surface area contributed by atoms with Crippen LogP contribution in [-0.4, -0.2) is 22.2 Å². The highest BCUT2D eigenvalue weighted by Crippen LogP contribution is 2.22. The van der Waals surface area contributed by atoms with Crippen LogP contribution in [0.4, 0.5) is 5.00 Å². The molecule has 0 saturated heterocycles. The number of carbonyl (C=O) groups excluding carboxylic acids is 1. The van der Waals surface area contributed by atoms with E-state index in [9.17, 15) is 20.0 Å². The molecule has 0 atom stereocenters. The second-order valence-electron chi connectivity index (χ2n) is 3.68. The minimum atomic E-state index is -0.493. The summed E-state index contributed by atoms with van der Waals surface area (Å²) in [5.74, 6) is -0.501. The van der Waals surface area contributed by atoms with Gasteiger partial charge < -0.3 is 5.11 Å². The summed E-state index contributed by atoms with van der Waals surface area (Å²) >= 11 is 0.951. The highest BCUT2D eigenvalue weighted by Gasteiger charge is 2.08. The summed E-state index contributed by atoms with van der Waals surface area (Å²) in [7, 11) is 0. The zero-order chi connectivity index (χ0) is 14.5. The van der Waals surface area contributed by atoms with Gasteiger partial charge in [0.05, 0.1) is 16.0 Å². The minimum Gasteiger partial charge on any atom is -0.508 e. The predicted octanol–water partition coefficient (Wildman–Crippen LogP) is 2.13. The highest BCUT2D eigenvalue weighted by molar-refractivity contribution is 7.16. The van der Waals surface area contributed by atoms with Gasteiger partial charge in [0.25, 0.3) is 5.91 Å². The fraction of sp³-hybridized carbons (Fsp3) is 0. The molecule has 0 saturated carbocycles. The summed E-state index contributed by atoms with van der Waals surface area (Å²) < 4.78 is 0. The fourth-order valence-electron chi connectivity index (χ4n) is 1.38. The number of amides is 1. The molecule has 0 aliphatic heterocycles. The van der Waals surface area contributed by atoms with Crippen molar-refractivity contribution < 1.29 is 14.8 Å². The zero-order valence-electron chi connectivity index (χ0n) is 10.0. The van der Waals surface area contributed by atoms with Crippen LogP contribution in [0.3, 0.4) is 0 Å². The number of rotatable bonds is 4. The van der Waals surface area contributed by atoms with E-state index < -0.39 is 10.8 Å². The lowest BCUT2D eigenvalue weighted by Crippen LogP contribution is -2.17. The van der Waals surface area contributed by atoms with Crippen LogP contribution >= 0.6 is 11.3 Å². The topological polar surface area (TPSA) is 105 Å². The number of phenols is 1. The molecule has 7 nitrogen and oxygen atoms in total. The molecule has 0 aliphatic carbocycles. The molecular weight excluding hydrogens is 282 g/mol. The van der Waals surface area contributed by atoms with Crippen molar-refractivity contribution in [1.82, 2.24) is 5.43 Å². The van der Waals surface area contributed by atoms with Gasteiger partial charge in [-0.05, 0) is 24.3 Å². The van der Waals surface area contributed by atoms with Crippen molar-refractivity contribution in [2.24, 2.45) is 5.10 Å². The van der Waals surface area contributed by atoms with Gasteiger partial charge in [-0.15, -0.1) is 0 Å². The average molecular weight is 291 g/mol. The second kappa shape index (κ2) is 5.93. The van der Waals surface area contributed by atoms with Gasteiger partial charge >= 0.3 is 5.00 Å². The lowest BCUT2D eigenvalue weighted by molar-refractivity contribution is -0.380. The number of aromatic hydroxyl groups is 1. The predicted molar refractivity (Wildman–Crippen MR) is 74.1 cm³/mol. The lowest BCUT2D eigenvalue weighted by Gasteiger charge is -1.99. The van der Waals surface area contributed by atoms with Crippen molar-refractivity contribution in [3.8, 4) is 5.75 Å². The van der Waals surface area contributed by atoms with Gasteiger partial charge in [0, 0.05) is 11.6 Å². The fourth-order valence-corrected chi connectivity index (χ4v) is 2.07. The van der Waals surface area contributed by atoms with E-state index in [2.05, 4.69) is 10.5 Å². The molecule has 1 amide bonds. The number of phenolic OH excluding ortho intramolecular Hbond substituents is 1. The smallest absolute Gasteiger partial charge is 0.324 e. The maximum atomic E-state index is 11.7. The quantitative estimate of drug-likeness (QED) is 0.511. The second-order valence-corrected chi connectivity index (χ2v) is 4.78. The van der Waals surface area contributed by atoms with E-state index in [0.29, 0.717) is 4.88 Å². The first-order valence-corrected chi connectivity index (χ1v) is 6.24. The molecule has 1 aromatic carbocycles. The molecule has 2 rings (SSSR count). The molecule has 0 aliphatic rings. The monoisotopic (exact) mass is 291 g/mol. The van der Waals surface area contributed by atoms with Crippen molar-refractivity contribution >= 4 is 28.5 Å². The van der Waals surface area contributed by atoms with Crippen molar-refractivity contribution in [3.05, 3.63) is 57.0 Å². The molecule has 0 spiro atoms. The van der Waals surface area contributed by atoms with Crippen LogP contribution in [-0.2, 0) is 0 Å². The van der Waals surface area contributed by atoms with E-state index in [1.807, 2.05) is 0 Å². The summed E-state index contributed by atoms with van der Waals surface area (Å²) in [6, 6.07) is 8.72. The largest absolute Gasteiger partial charge is 0.508 e. The molecule has 0 bridgehead atoms. The maximum Gasteiger partial charge on any atom is 0.324 e. The van der Waals surface area contributed by atoms with E-state index in [4.69, 9.17) is 0 Å². The van der Waals surface area contributed by atoms with E-state index in [1.165, 1.54) is 42.6 Å².